The van der Waals surface area contributed by atoms with Gasteiger partial charge < -0.3 is 9.64 Å². The molecule has 0 aromatic carbocycles. The number of piperidine rings is 1. The van der Waals surface area contributed by atoms with E-state index in [4.69, 9.17) is 4.74 Å². The molecule has 0 N–H and O–H groups in total. The Hall–Kier alpha value is -2.50. The van der Waals surface area contributed by atoms with Crippen molar-refractivity contribution < 1.29 is 9.53 Å². The van der Waals surface area contributed by atoms with Crippen LogP contribution in [0, 0.1) is 6.92 Å². The van der Waals surface area contributed by atoms with E-state index in [0.717, 1.165) is 24.3 Å². The molecule has 0 radical (unpaired) electrons. The Labute approximate surface area is 129 Å². The van der Waals surface area contributed by atoms with E-state index in [2.05, 4.69) is 15.0 Å². The Morgan fingerprint density at radius 3 is 2.64 bits per heavy atom. The summed E-state index contributed by atoms with van der Waals surface area (Å²) >= 11 is 0. The molecule has 3 rings (SSSR count). The van der Waals surface area contributed by atoms with Crippen LogP contribution in [0.15, 0.2) is 37.1 Å². The molecule has 3 heterocycles. The van der Waals surface area contributed by atoms with Crippen LogP contribution in [0.25, 0.3) is 0 Å². The first-order valence-corrected chi connectivity index (χ1v) is 7.36. The van der Waals surface area contributed by atoms with E-state index in [1.165, 1.54) is 6.33 Å². The molecule has 0 bridgehead atoms. The Morgan fingerprint density at radius 1 is 1.23 bits per heavy atom. The number of aromatic nitrogens is 3. The van der Waals surface area contributed by atoms with Gasteiger partial charge in [-0.25, -0.2) is 9.97 Å². The topological polar surface area (TPSA) is 68.2 Å². The maximum Gasteiger partial charge on any atom is 0.257 e. The molecule has 0 aliphatic carbocycles. The Morgan fingerprint density at radius 2 is 1.95 bits per heavy atom. The largest absolute Gasteiger partial charge is 0.490 e. The number of ether oxygens (including phenoxy) is 1. The zero-order chi connectivity index (χ0) is 15.4. The molecule has 1 fully saturated rings. The normalized spacial score (nSPS) is 15.6. The fourth-order valence-electron chi connectivity index (χ4n) is 2.56. The van der Waals surface area contributed by atoms with Crippen LogP contribution in [-0.4, -0.2) is 45.0 Å². The Bertz CT molecular complexity index is 640. The van der Waals surface area contributed by atoms with Gasteiger partial charge in [0.2, 0.25) is 0 Å². The van der Waals surface area contributed by atoms with Crippen LogP contribution in [0.2, 0.25) is 0 Å². The Balaban J connectivity index is 1.58. The Kier molecular flexibility index (Phi) is 4.27. The standard InChI is InChI=1S/C16H18N4O2/c1-12-15(10-18-11-19-12)16(21)20-8-4-14(5-9-20)22-13-2-6-17-7-3-13/h2-3,6-7,10-11,14H,4-5,8-9H2,1H3. The molecule has 1 amide bonds. The van der Waals surface area contributed by atoms with Crippen molar-refractivity contribution in [3.05, 3.63) is 48.3 Å². The molecule has 6 heteroatoms. The lowest BCUT2D eigenvalue weighted by Crippen LogP contribution is -2.42. The number of aryl methyl sites for hydroxylation is 1. The van der Waals surface area contributed by atoms with E-state index >= 15 is 0 Å². The average molecular weight is 298 g/mol. The van der Waals surface area contributed by atoms with Crippen LogP contribution < -0.4 is 4.74 Å². The van der Waals surface area contributed by atoms with Crippen LogP contribution in [0.3, 0.4) is 0 Å². The number of carbonyl (C=O) groups excluding carboxylic acids is 1. The monoisotopic (exact) mass is 298 g/mol. The van der Waals surface area contributed by atoms with E-state index in [-0.39, 0.29) is 12.0 Å². The van der Waals surface area contributed by atoms with Gasteiger partial charge in [-0.05, 0) is 19.1 Å². The van der Waals surface area contributed by atoms with Crippen molar-refractivity contribution in [3.63, 3.8) is 0 Å². The summed E-state index contributed by atoms with van der Waals surface area (Å²) in [6.45, 7) is 3.19. The molecular formula is C16H18N4O2. The predicted molar refractivity (Wildman–Crippen MR) is 80.6 cm³/mol. The molecule has 114 valence electrons. The van der Waals surface area contributed by atoms with Gasteiger partial charge in [0, 0.05) is 44.5 Å². The lowest BCUT2D eigenvalue weighted by Gasteiger charge is -2.32. The average Bonchev–Trinajstić information content (AvgIpc) is 2.56. The molecule has 0 unspecified atom stereocenters. The van der Waals surface area contributed by atoms with Gasteiger partial charge in [0.25, 0.3) is 5.91 Å². The van der Waals surface area contributed by atoms with Crippen molar-refractivity contribution in [2.45, 2.75) is 25.9 Å². The molecule has 0 atom stereocenters. The van der Waals surface area contributed by atoms with Crippen molar-refractivity contribution in [1.82, 2.24) is 19.9 Å². The molecule has 0 spiro atoms. The summed E-state index contributed by atoms with van der Waals surface area (Å²) in [5, 5.41) is 0. The number of amides is 1. The summed E-state index contributed by atoms with van der Waals surface area (Å²) in [5.74, 6) is 0.826. The number of nitrogens with zero attached hydrogens (tertiary/aromatic N) is 4. The number of carbonyl (C=O) groups is 1. The van der Waals surface area contributed by atoms with Gasteiger partial charge >= 0.3 is 0 Å². The van der Waals surface area contributed by atoms with Crippen LogP contribution >= 0.6 is 0 Å². The minimum absolute atomic E-state index is 0.000427. The molecule has 0 saturated carbocycles. The lowest BCUT2D eigenvalue weighted by atomic mass is 10.1. The maximum atomic E-state index is 12.5. The highest BCUT2D eigenvalue weighted by atomic mass is 16.5. The van der Waals surface area contributed by atoms with Gasteiger partial charge in [-0.3, -0.25) is 9.78 Å². The summed E-state index contributed by atoms with van der Waals surface area (Å²) in [6.07, 6.45) is 8.25. The summed E-state index contributed by atoms with van der Waals surface area (Å²) < 4.78 is 5.91. The van der Waals surface area contributed by atoms with Crippen LogP contribution in [0.4, 0.5) is 0 Å². The first-order valence-electron chi connectivity index (χ1n) is 7.36. The van der Waals surface area contributed by atoms with Crippen LogP contribution in [0.1, 0.15) is 28.9 Å². The van der Waals surface area contributed by atoms with Crippen LogP contribution in [-0.2, 0) is 0 Å². The smallest absolute Gasteiger partial charge is 0.257 e. The third-order valence-electron chi connectivity index (χ3n) is 3.82. The van der Waals surface area contributed by atoms with Gasteiger partial charge in [0.1, 0.15) is 18.2 Å². The molecule has 1 aliphatic heterocycles. The molecule has 6 nitrogen and oxygen atoms in total. The first kappa shape index (κ1) is 14.4. The third kappa shape index (κ3) is 3.21. The second kappa shape index (κ2) is 6.51. The second-order valence-electron chi connectivity index (χ2n) is 5.31. The number of likely N-dealkylation sites (tertiary alicyclic amines) is 1. The van der Waals surface area contributed by atoms with E-state index in [1.54, 1.807) is 18.6 Å². The fraction of sp³-hybridized carbons (Fsp3) is 0.375. The molecule has 1 aliphatic rings. The third-order valence-corrected chi connectivity index (χ3v) is 3.82. The number of hydrogen-bond donors (Lipinski definition) is 0. The van der Waals surface area contributed by atoms with E-state index in [9.17, 15) is 4.79 Å². The minimum Gasteiger partial charge on any atom is -0.490 e. The summed E-state index contributed by atoms with van der Waals surface area (Å²) in [6, 6.07) is 3.70. The SMILES string of the molecule is Cc1ncncc1C(=O)N1CCC(Oc2ccncc2)CC1. The molecule has 22 heavy (non-hydrogen) atoms. The second-order valence-corrected chi connectivity index (χ2v) is 5.31. The minimum atomic E-state index is 0.000427. The summed E-state index contributed by atoms with van der Waals surface area (Å²) in [5.41, 5.74) is 1.30. The van der Waals surface area contributed by atoms with E-state index in [1.807, 2.05) is 24.0 Å². The maximum absolute atomic E-state index is 12.5. The van der Waals surface area contributed by atoms with Gasteiger partial charge in [0.15, 0.2) is 0 Å². The van der Waals surface area contributed by atoms with Crippen LogP contribution in [0.5, 0.6) is 5.75 Å². The lowest BCUT2D eigenvalue weighted by molar-refractivity contribution is 0.0594. The number of pyridine rings is 1. The van der Waals surface area contributed by atoms with Crippen molar-refractivity contribution in [3.8, 4) is 5.75 Å². The molecule has 2 aromatic rings. The molecule has 1 saturated heterocycles. The van der Waals surface area contributed by atoms with Gasteiger partial charge in [-0.15, -0.1) is 0 Å². The fourth-order valence-corrected chi connectivity index (χ4v) is 2.56. The molecular weight excluding hydrogens is 280 g/mol. The highest BCUT2D eigenvalue weighted by Crippen LogP contribution is 2.19. The van der Waals surface area contributed by atoms with E-state index < -0.39 is 0 Å². The van der Waals surface area contributed by atoms with Crippen molar-refractivity contribution in [2.24, 2.45) is 0 Å². The van der Waals surface area contributed by atoms with Crippen molar-refractivity contribution in [1.29, 1.82) is 0 Å². The van der Waals surface area contributed by atoms with Gasteiger partial charge in [0.05, 0.1) is 11.3 Å². The predicted octanol–water partition coefficient (Wildman–Crippen LogP) is 1.86. The quantitative estimate of drug-likeness (QED) is 0.865. The number of hydrogen-bond acceptors (Lipinski definition) is 5. The molecule has 2 aromatic heterocycles. The summed E-state index contributed by atoms with van der Waals surface area (Å²) in [4.78, 5) is 26.3. The highest BCUT2D eigenvalue weighted by molar-refractivity contribution is 5.94. The summed E-state index contributed by atoms with van der Waals surface area (Å²) in [7, 11) is 0. The van der Waals surface area contributed by atoms with E-state index in [0.29, 0.717) is 18.7 Å². The van der Waals surface area contributed by atoms with Gasteiger partial charge in [-0.1, -0.05) is 0 Å². The zero-order valence-corrected chi connectivity index (χ0v) is 12.5. The first-order chi connectivity index (χ1) is 10.7. The zero-order valence-electron chi connectivity index (χ0n) is 12.5. The van der Waals surface area contributed by atoms with Crippen molar-refractivity contribution in [2.75, 3.05) is 13.1 Å². The highest BCUT2D eigenvalue weighted by Gasteiger charge is 2.25. The number of rotatable bonds is 3. The van der Waals surface area contributed by atoms with Gasteiger partial charge in [-0.2, -0.15) is 0 Å². The van der Waals surface area contributed by atoms with Crippen molar-refractivity contribution >= 4 is 5.91 Å².